The number of carbonyl (C=O) groups excluding carboxylic acids is 1. The van der Waals surface area contributed by atoms with Gasteiger partial charge in [-0.2, -0.15) is 0 Å². The second-order valence-corrected chi connectivity index (χ2v) is 6.89. The number of carboxylic acid groups (broad SMARTS) is 1. The number of aryl methyl sites for hydroxylation is 2. The predicted molar refractivity (Wildman–Crippen MR) is 103 cm³/mol. The summed E-state index contributed by atoms with van der Waals surface area (Å²) in [5.74, 6) is -1.21. The van der Waals surface area contributed by atoms with Crippen molar-refractivity contribution in [3.63, 3.8) is 0 Å². The van der Waals surface area contributed by atoms with Crippen molar-refractivity contribution in [2.45, 2.75) is 52.6 Å². The first-order chi connectivity index (χ1) is 12.3. The Kier molecular flexibility index (Phi) is 6.56. The minimum absolute atomic E-state index is 0.173. The summed E-state index contributed by atoms with van der Waals surface area (Å²) in [6.07, 6.45) is 0.978. The molecule has 0 bridgehead atoms. The first kappa shape index (κ1) is 19.7. The van der Waals surface area contributed by atoms with E-state index in [0.29, 0.717) is 12.0 Å². The van der Waals surface area contributed by atoms with Gasteiger partial charge in [-0.1, -0.05) is 54.4 Å². The monoisotopic (exact) mass is 353 g/mol. The molecule has 0 saturated carbocycles. The maximum Gasteiger partial charge on any atom is 0.326 e. The Balaban J connectivity index is 2.42. The van der Waals surface area contributed by atoms with Gasteiger partial charge in [0, 0.05) is 18.0 Å². The maximum atomic E-state index is 13.2. The lowest BCUT2D eigenvalue weighted by molar-refractivity contribution is -0.143. The third kappa shape index (κ3) is 4.72. The molecule has 2 rings (SSSR count). The Bertz CT molecular complexity index is 750. The highest BCUT2D eigenvalue weighted by Gasteiger charge is 2.33. The molecule has 0 saturated heterocycles. The van der Waals surface area contributed by atoms with Gasteiger partial charge in [0.25, 0.3) is 5.91 Å². The molecule has 0 fully saturated rings. The number of hydrogen-bond donors (Lipinski definition) is 1. The van der Waals surface area contributed by atoms with E-state index >= 15 is 0 Å². The fourth-order valence-corrected chi connectivity index (χ4v) is 3.23. The molecular weight excluding hydrogens is 326 g/mol. The molecule has 0 spiro atoms. The van der Waals surface area contributed by atoms with E-state index in [1.165, 1.54) is 4.90 Å². The molecule has 138 valence electrons. The van der Waals surface area contributed by atoms with Crippen LogP contribution in [0.5, 0.6) is 0 Å². The standard InChI is InChI=1S/C22H27NO3/c1-5-17(4)23(21(24)19-12-15(2)11-16(3)13-19)20(22(25)26)14-18-9-7-6-8-10-18/h6-13,17,20H,5,14H2,1-4H3,(H,25,26)/t17?,20-/m1/s1. The maximum absolute atomic E-state index is 13.2. The zero-order valence-electron chi connectivity index (χ0n) is 15.9. The molecule has 2 aromatic rings. The van der Waals surface area contributed by atoms with Crippen molar-refractivity contribution >= 4 is 11.9 Å². The third-order valence-corrected chi connectivity index (χ3v) is 4.66. The van der Waals surface area contributed by atoms with E-state index in [1.54, 1.807) is 0 Å². The normalized spacial score (nSPS) is 13.1. The van der Waals surface area contributed by atoms with E-state index in [9.17, 15) is 14.7 Å². The average molecular weight is 353 g/mol. The lowest BCUT2D eigenvalue weighted by Crippen LogP contribution is -2.50. The van der Waals surface area contributed by atoms with Crippen LogP contribution < -0.4 is 0 Å². The summed E-state index contributed by atoms with van der Waals surface area (Å²) in [6, 6.07) is 14.0. The molecule has 0 aliphatic carbocycles. The Hall–Kier alpha value is -2.62. The van der Waals surface area contributed by atoms with Crippen LogP contribution in [0.1, 0.15) is 47.3 Å². The molecular formula is C22H27NO3. The number of amides is 1. The Morgan fingerprint density at radius 1 is 1.04 bits per heavy atom. The molecule has 4 heteroatoms. The minimum atomic E-state index is -0.980. The van der Waals surface area contributed by atoms with Crippen LogP contribution in [-0.2, 0) is 11.2 Å². The number of carboxylic acids is 1. The van der Waals surface area contributed by atoms with Crippen LogP contribution in [0.25, 0.3) is 0 Å². The first-order valence-corrected chi connectivity index (χ1v) is 9.01. The van der Waals surface area contributed by atoms with Gasteiger partial charge in [-0.15, -0.1) is 0 Å². The molecule has 0 aliphatic rings. The van der Waals surface area contributed by atoms with Crippen LogP contribution in [0.2, 0.25) is 0 Å². The number of hydrogen-bond acceptors (Lipinski definition) is 2. The van der Waals surface area contributed by atoms with Crippen LogP contribution >= 0.6 is 0 Å². The topological polar surface area (TPSA) is 57.6 Å². The highest BCUT2D eigenvalue weighted by Crippen LogP contribution is 2.20. The van der Waals surface area contributed by atoms with Crippen molar-refractivity contribution in [2.75, 3.05) is 0 Å². The van der Waals surface area contributed by atoms with E-state index in [1.807, 2.05) is 76.2 Å². The summed E-state index contributed by atoms with van der Waals surface area (Å²) >= 11 is 0. The molecule has 1 unspecified atom stereocenters. The van der Waals surface area contributed by atoms with Crippen molar-refractivity contribution in [2.24, 2.45) is 0 Å². The summed E-state index contributed by atoms with van der Waals surface area (Å²) in [4.78, 5) is 26.8. The van der Waals surface area contributed by atoms with Gasteiger partial charge in [-0.05, 0) is 44.9 Å². The van der Waals surface area contributed by atoms with E-state index in [2.05, 4.69) is 0 Å². The lowest BCUT2D eigenvalue weighted by Gasteiger charge is -2.34. The summed E-state index contributed by atoms with van der Waals surface area (Å²) in [6.45, 7) is 7.75. The number of nitrogens with zero attached hydrogens (tertiary/aromatic N) is 1. The van der Waals surface area contributed by atoms with Crippen LogP contribution in [0.3, 0.4) is 0 Å². The number of carbonyl (C=O) groups is 2. The van der Waals surface area contributed by atoms with Crippen molar-refractivity contribution in [3.05, 3.63) is 70.8 Å². The van der Waals surface area contributed by atoms with E-state index in [4.69, 9.17) is 0 Å². The number of aliphatic carboxylic acids is 1. The van der Waals surface area contributed by atoms with Crippen LogP contribution in [0, 0.1) is 13.8 Å². The quantitative estimate of drug-likeness (QED) is 0.810. The van der Waals surface area contributed by atoms with Gasteiger partial charge in [0.15, 0.2) is 0 Å². The van der Waals surface area contributed by atoms with E-state index < -0.39 is 12.0 Å². The van der Waals surface area contributed by atoms with Crippen molar-refractivity contribution in [1.29, 1.82) is 0 Å². The first-order valence-electron chi connectivity index (χ1n) is 9.01. The summed E-state index contributed by atoms with van der Waals surface area (Å²) in [5.41, 5.74) is 3.43. The Morgan fingerprint density at radius 3 is 2.12 bits per heavy atom. The second kappa shape index (κ2) is 8.65. The van der Waals surface area contributed by atoms with Gasteiger partial charge in [0.05, 0.1) is 0 Å². The summed E-state index contributed by atoms with van der Waals surface area (Å²) in [5, 5.41) is 9.86. The molecule has 1 N–H and O–H groups in total. The van der Waals surface area contributed by atoms with E-state index in [0.717, 1.165) is 16.7 Å². The van der Waals surface area contributed by atoms with Crippen molar-refractivity contribution < 1.29 is 14.7 Å². The SMILES string of the molecule is CCC(C)N(C(=O)c1cc(C)cc(C)c1)[C@H](Cc1ccccc1)C(=O)O. The van der Waals surface area contributed by atoms with Crippen LogP contribution in [-0.4, -0.2) is 34.0 Å². The fourth-order valence-electron chi connectivity index (χ4n) is 3.23. The summed E-state index contributed by atoms with van der Waals surface area (Å²) in [7, 11) is 0. The van der Waals surface area contributed by atoms with Gasteiger partial charge in [-0.3, -0.25) is 4.79 Å². The zero-order valence-corrected chi connectivity index (χ0v) is 15.9. The van der Waals surface area contributed by atoms with Crippen LogP contribution in [0.4, 0.5) is 0 Å². The molecule has 2 aromatic carbocycles. The van der Waals surface area contributed by atoms with E-state index in [-0.39, 0.29) is 18.4 Å². The molecule has 4 nitrogen and oxygen atoms in total. The Labute approximate surface area is 155 Å². The molecule has 1 amide bonds. The zero-order chi connectivity index (χ0) is 19.3. The van der Waals surface area contributed by atoms with Gasteiger partial charge < -0.3 is 10.0 Å². The largest absolute Gasteiger partial charge is 0.480 e. The van der Waals surface area contributed by atoms with Crippen molar-refractivity contribution in [1.82, 2.24) is 4.90 Å². The number of benzene rings is 2. The summed E-state index contributed by atoms with van der Waals surface area (Å²) < 4.78 is 0. The molecule has 0 heterocycles. The van der Waals surface area contributed by atoms with Gasteiger partial charge >= 0.3 is 5.97 Å². The molecule has 0 aliphatic heterocycles. The minimum Gasteiger partial charge on any atom is -0.480 e. The van der Waals surface area contributed by atoms with Crippen LogP contribution in [0.15, 0.2) is 48.5 Å². The highest BCUT2D eigenvalue weighted by atomic mass is 16.4. The average Bonchev–Trinajstić information content (AvgIpc) is 2.60. The second-order valence-electron chi connectivity index (χ2n) is 6.89. The lowest BCUT2D eigenvalue weighted by atomic mass is 9.99. The third-order valence-electron chi connectivity index (χ3n) is 4.66. The fraction of sp³-hybridized carbons (Fsp3) is 0.364. The molecule has 0 radical (unpaired) electrons. The predicted octanol–water partition coefficient (Wildman–Crippen LogP) is 4.24. The van der Waals surface area contributed by atoms with Gasteiger partial charge in [-0.25, -0.2) is 4.79 Å². The van der Waals surface area contributed by atoms with Crippen molar-refractivity contribution in [3.8, 4) is 0 Å². The van der Waals surface area contributed by atoms with Gasteiger partial charge in [0.2, 0.25) is 0 Å². The number of rotatable bonds is 7. The molecule has 2 atom stereocenters. The highest BCUT2D eigenvalue weighted by molar-refractivity contribution is 5.97. The smallest absolute Gasteiger partial charge is 0.326 e. The molecule has 26 heavy (non-hydrogen) atoms. The Morgan fingerprint density at radius 2 is 1.62 bits per heavy atom. The molecule has 0 aromatic heterocycles. The van der Waals surface area contributed by atoms with Gasteiger partial charge in [0.1, 0.15) is 6.04 Å².